The first-order valence-electron chi connectivity index (χ1n) is 10.0. The lowest BCUT2D eigenvalue weighted by molar-refractivity contribution is 0.174. The van der Waals surface area contributed by atoms with E-state index in [1.807, 2.05) is 54.6 Å². The number of ether oxygens (including phenoxy) is 5. The molecule has 0 saturated carbocycles. The van der Waals surface area contributed by atoms with Crippen LogP contribution < -0.4 is 29.4 Å². The Balaban J connectivity index is 1.53. The van der Waals surface area contributed by atoms with E-state index in [4.69, 9.17) is 29.4 Å². The summed E-state index contributed by atoms with van der Waals surface area (Å²) in [6, 6.07) is 21.2. The molecule has 2 heterocycles. The van der Waals surface area contributed by atoms with Crippen LogP contribution in [0, 0.1) is 11.3 Å². The zero-order valence-corrected chi connectivity index (χ0v) is 17.3. The molecular formula is C25H20N2O5. The van der Waals surface area contributed by atoms with Gasteiger partial charge in [-0.05, 0) is 29.3 Å². The predicted molar refractivity (Wildman–Crippen MR) is 116 cm³/mol. The monoisotopic (exact) mass is 428 g/mol. The van der Waals surface area contributed by atoms with Gasteiger partial charge in [0, 0.05) is 11.6 Å². The summed E-state index contributed by atoms with van der Waals surface area (Å²) in [5, 5.41) is 9.82. The minimum atomic E-state index is -0.449. The average Bonchev–Trinajstić information content (AvgIpc) is 3.28. The van der Waals surface area contributed by atoms with Crippen molar-refractivity contribution in [3.05, 3.63) is 88.8 Å². The molecular weight excluding hydrogens is 408 g/mol. The van der Waals surface area contributed by atoms with Crippen LogP contribution in [0.4, 0.5) is 0 Å². The van der Waals surface area contributed by atoms with Crippen molar-refractivity contribution in [1.29, 1.82) is 5.26 Å². The zero-order valence-electron chi connectivity index (χ0n) is 17.3. The van der Waals surface area contributed by atoms with Gasteiger partial charge >= 0.3 is 0 Å². The van der Waals surface area contributed by atoms with E-state index in [0.29, 0.717) is 40.9 Å². The van der Waals surface area contributed by atoms with E-state index in [1.165, 1.54) is 0 Å². The lowest BCUT2D eigenvalue weighted by Gasteiger charge is -2.27. The number of hydrogen-bond donors (Lipinski definition) is 1. The third kappa shape index (κ3) is 3.42. The molecule has 0 bridgehead atoms. The number of methoxy groups -OCH3 is 1. The molecule has 5 rings (SSSR count). The van der Waals surface area contributed by atoms with Gasteiger partial charge in [-0.1, -0.05) is 36.4 Å². The van der Waals surface area contributed by atoms with Gasteiger partial charge in [0.1, 0.15) is 24.0 Å². The molecule has 7 nitrogen and oxygen atoms in total. The highest BCUT2D eigenvalue weighted by molar-refractivity contribution is 5.62. The van der Waals surface area contributed by atoms with Crippen LogP contribution in [0.3, 0.4) is 0 Å². The lowest BCUT2D eigenvalue weighted by Crippen LogP contribution is -2.21. The molecule has 160 valence electrons. The standard InChI is InChI=1S/C25H20N2O5/c1-28-21-9-16(7-8-19(21)29-13-15-5-3-2-4-6-15)24-17-10-22-23(31-14-30-22)11-20(17)32-25(27)18(24)12-26/h2-11,24H,13-14,27H2,1H3/t24-/m1/s1. The Morgan fingerprint density at radius 2 is 1.78 bits per heavy atom. The molecule has 0 fully saturated rings. The Kier molecular flexibility index (Phi) is 4.96. The van der Waals surface area contributed by atoms with Gasteiger partial charge in [-0.25, -0.2) is 0 Å². The van der Waals surface area contributed by atoms with E-state index < -0.39 is 5.92 Å². The Hall–Kier alpha value is -4.31. The summed E-state index contributed by atoms with van der Waals surface area (Å²) < 4.78 is 28.3. The normalized spacial score (nSPS) is 16.1. The van der Waals surface area contributed by atoms with E-state index in [9.17, 15) is 5.26 Å². The van der Waals surface area contributed by atoms with Crippen LogP contribution in [0.2, 0.25) is 0 Å². The van der Waals surface area contributed by atoms with Crippen molar-refractivity contribution < 1.29 is 23.7 Å². The molecule has 0 aromatic heterocycles. The molecule has 2 aliphatic heterocycles. The van der Waals surface area contributed by atoms with Crippen LogP contribution in [0.15, 0.2) is 72.1 Å². The van der Waals surface area contributed by atoms with Crippen LogP contribution >= 0.6 is 0 Å². The van der Waals surface area contributed by atoms with Crippen molar-refractivity contribution in [2.75, 3.05) is 13.9 Å². The fraction of sp³-hybridized carbons (Fsp3) is 0.160. The summed E-state index contributed by atoms with van der Waals surface area (Å²) in [5.74, 6) is 2.49. The van der Waals surface area contributed by atoms with Gasteiger partial charge in [-0.15, -0.1) is 0 Å². The number of nitriles is 1. The molecule has 7 heteroatoms. The van der Waals surface area contributed by atoms with E-state index in [1.54, 1.807) is 13.2 Å². The summed E-state index contributed by atoms with van der Waals surface area (Å²) >= 11 is 0. The molecule has 32 heavy (non-hydrogen) atoms. The SMILES string of the molecule is COc1cc([C@H]2C(C#N)=C(N)Oc3cc4c(cc32)OCO4)ccc1OCc1ccccc1. The topological polar surface area (TPSA) is 96.0 Å². The first kappa shape index (κ1) is 19.6. The predicted octanol–water partition coefficient (Wildman–Crippen LogP) is 4.22. The third-order valence-corrected chi connectivity index (χ3v) is 5.47. The number of nitrogens with two attached hydrogens (primary N) is 1. The van der Waals surface area contributed by atoms with Crippen molar-refractivity contribution in [1.82, 2.24) is 0 Å². The summed E-state index contributed by atoms with van der Waals surface area (Å²) in [6.45, 7) is 0.550. The molecule has 0 radical (unpaired) electrons. The van der Waals surface area contributed by atoms with Crippen molar-refractivity contribution in [3.8, 4) is 34.8 Å². The number of nitrogens with zero attached hydrogens (tertiary/aromatic N) is 1. The Labute approximate surface area is 185 Å². The summed E-state index contributed by atoms with van der Waals surface area (Å²) in [5.41, 5.74) is 9.04. The minimum absolute atomic E-state index is 0.0623. The number of hydrogen-bond acceptors (Lipinski definition) is 7. The van der Waals surface area contributed by atoms with Gasteiger partial charge < -0.3 is 29.4 Å². The van der Waals surface area contributed by atoms with E-state index in [-0.39, 0.29) is 12.7 Å². The van der Waals surface area contributed by atoms with Gasteiger partial charge in [0.15, 0.2) is 23.0 Å². The quantitative estimate of drug-likeness (QED) is 0.650. The molecule has 3 aromatic rings. The third-order valence-electron chi connectivity index (χ3n) is 5.47. The second kappa shape index (κ2) is 8.08. The Morgan fingerprint density at radius 1 is 1.00 bits per heavy atom. The van der Waals surface area contributed by atoms with Gasteiger partial charge in [0.2, 0.25) is 12.7 Å². The first-order chi connectivity index (χ1) is 15.7. The van der Waals surface area contributed by atoms with Crippen LogP contribution in [0.1, 0.15) is 22.6 Å². The highest BCUT2D eigenvalue weighted by atomic mass is 16.7. The highest BCUT2D eigenvalue weighted by Crippen LogP contribution is 2.48. The van der Waals surface area contributed by atoms with E-state index >= 15 is 0 Å². The molecule has 0 amide bonds. The Bertz CT molecular complexity index is 1250. The highest BCUT2D eigenvalue weighted by Gasteiger charge is 2.33. The smallest absolute Gasteiger partial charge is 0.231 e. The average molecular weight is 428 g/mol. The molecule has 0 spiro atoms. The Morgan fingerprint density at radius 3 is 2.53 bits per heavy atom. The van der Waals surface area contributed by atoms with Gasteiger partial charge in [-0.2, -0.15) is 5.26 Å². The molecule has 2 aliphatic rings. The number of allylic oxidation sites excluding steroid dienone is 1. The van der Waals surface area contributed by atoms with Gasteiger partial charge in [0.05, 0.1) is 13.0 Å². The maximum atomic E-state index is 9.82. The van der Waals surface area contributed by atoms with Gasteiger partial charge in [0.25, 0.3) is 0 Å². The van der Waals surface area contributed by atoms with E-state index in [2.05, 4.69) is 6.07 Å². The van der Waals surface area contributed by atoms with Crippen LogP contribution in [-0.4, -0.2) is 13.9 Å². The van der Waals surface area contributed by atoms with Crippen LogP contribution in [0.5, 0.6) is 28.7 Å². The van der Waals surface area contributed by atoms with E-state index in [0.717, 1.165) is 16.7 Å². The summed E-state index contributed by atoms with van der Waals surface area (Å²) in [6.07, 6.45) is 0. The van der Waals surface area contributed by atoms with Crippen LogP contribution in [0.25, 0.3) is 0 Å². The number of benzene rings is 3. The molecule has 1 atom stereocenters. The molecule has 0 saturated heterocycles. The fourth-order valence-corrected chi connectivity index (χ4v) is 3.91. The van der Waals surface area contributed by atoms with Gasteiger partial charge in [-0.3, -0.25) is 0 Å². The first-order valence-corrected chi connectivity index (χ1v) is 10.0. The zero-order chi connectivity index (χ0) is 22.1. The van der Waals surface area contributed by atoms with Crippen molar-refractivity contribution in [2.24, 2.45) is 5.73 Å². The number of fused-ring (bicyclic) bond motifs is 2. The fourth-order valence-electron chi connectivity index (χ4n) is 3.91. The molecule has 0 aliphatic carbocycles. The largest absolute Gasteiger partial charge is 0.493 e. The molecule has 0 unspecified atom stereocenters. The maximum Gasteiger partial charge on any atom is 0.231 e. The second-order valence-electron chi connectivity index (χ2n) is 7.35. The maximum absolute atomic E-state index is 9.82. The van der Waals surface area contributed by atoms with Crippen LogP contribution in [-0.2, 0) is 6.61 Å². The lowest BCUT2D eigenvalue weighted by atomic mass is 9.83. The molecule has 3 aromatic carbocycles. The van der Waals surface area contributed by atoms with Crippen molar-refractivity contribution in [3.63, 3.8) is 0 Å². The molecule has 2 N–H and O–H groups in total. The second-order valence-corrected chi connectivity index (χ2v) is 7.35. The minimum Gasteiger partial charge on any atom is -0.493 e. The van der Waals surface area contributed by atoms with Crippen molar-refractivity contribution >= 4 is 0 Å². The summed E-state index contributed by atoms with van der Waals surface area (Å²) in [4.78, 5) is 0. The summed E-state index contributed by atoms with van der Waals surface area (Å²) in [7, 11) is 1.58. The van der Waals surface area contributed by atoms with Crippen molar-refractivity contribution in [2.45, 2.75) is 12.5 Å². The number of rotatable bonds is 5.